The number of alkyl halides is 1. The Morgan fingerprint density at radius 3 is 2.69 bits per heavy atom. The molecule has 0 saturated carbocycles. The van der Waals surface area contributed by atoms with Crippen molar-refractivity contribution in [2.75, 3.05) is 12.4 Å². The summed E-state index contributed by atoms with van der Waals surface area (Å²) in [4.78, 5) is 13.7. The number of likely N-dealkylation sites (tertiary alicyclic amines) is 1. The van der Waals surface area contributed by atoms with Gasteiger partial charge in [0.15, 0.2) is 0 Å². The molecule has 2 nitrogen and oxygen atoms in total. The molecule has 1 amide bonds. The monoisotopic (exact) mass is 203 g/mol. The molecule has 0 spiro atoms. The van der Waals surface area contributed by atoms with Crippen LogP contribution in [0.1, 0.15) is 39.5 Å². The van der Waals surface area contributed by atoms with Crippen LogP contribution in [-0.2, 0) is 4.79 Å². The first-order valence-electron chi connectivity index (χ1n) is 4.94. The van der Waals surface area contributed by atoms with E-state index < -0.39 is 0 Å². The number of rotatable bonds is 3. The van der Waals surface area contributed by atoms with Gasteiger partial charge in [-0.15, -0.1) is 11.6 Å². The number of amides is 1. The molecule has 3 heteroatoms. The van der Waals surface area contributed by atoms with Crippen molar-refractivity contribution in [3.8, 4) is 0 Å². The molecular weight excluding hydrogens is 186 g/mol. The predicted octanol–water partition coefficient (Wildman–Crippen LogP) is 2.41. The first-order valence-corrected chi connectivity index (χ1v) is 5.48. The fourth-order valence-corrected chi connectivity index (χ4v) is 2.06. The first kappa shape index (κ1) is 10.8. The van der Waals surface area contributed by atoms with Crippen LogP contribution in [0.15, 0.2) is 0 Å². The second kappa shape index (κ2) is 4.32. The summed E-state index contributed by atoms with van der Waals surface area (Å²) in [5.74, 6) is 0.850. The summed E-state index contributed by atoms with van der Waals surface area (Å²) >= 11 is 5.55. The third kappa shape index (κ3) is 2.60. The molecule has 1 saturated heterocycles. The van der Waals surface area contributed by atoms with Gasteiger partial charge in [-0.1, -0.05) is 0 Å². The van der Waals surface area contributed by atoms with E-state index in [4.69, 9.17) is 11.6 Å². The van der Waals surface area contributed by atoms with Crippen LogP contribution in [0.2, 0.25) is 0 Å². The maximum Gasteiger partial charge on any atom is 0.223 e. The third-order valence-electron chi connectivity index (χ3n) is 2.73. The Kier molecular flexibility index (Phi) is 3.60. The topological polar surface area (TPSA) is 20.3 Å². The maximum atomic E-state index is 11.7. The third-order valence-corrected chi connectivity index (χ3v) is 2.99. The molecule has 0 aliphatic carbocycles. The van der Waals surface area contributed by atoms with Crippen molar-refractivity contribution in [1.82, 2.24) is 4.90 Å². The Balaban J connectivity index is 2.46. The average molecular weight is 204 g/mol. The zero-order chi connectivity index (χ0) is 9.90. The van der Waals surface area contributed by atoms with Gasteiger partial charge in [-0.25, -0.2) is 0 Å². The van der Waals surface area contributed by atoms with Gasteiger partial charge in [0, 0.05) is 24.4 Å². The minimum absolute atomic E-state index is 0.0728. The SMILES string of the molecule is CC1(C)CCCN1C(=O)CCCCl. The molecule has 0 aromatic heterocycles. The van der Waals surface area contributed by atoms with Gasteiger partial charge in [0.25, 0.3) is 0 Å². The minimum Gasteiger partial charge on any atom is -0.338 e. The standard InChI is InChI=1S/C10H18ClNO/c1-10(2)6-4-8-12(10)9(13)5-3-7-11/h3-8H2,1-2H3. The summed E-state index contributed by atoms with van der Waals surface area (Å²) < 4.78 is 0. The number of nitrogens with zero attached hydrogens (tertiary/aromatic N) is 1. The number of hydrogen-bond acceptors (Lipinski definition) is 1. The van der Waals surface area contributed by atoms with Gasteiger partial charge in [-0.3, -0.25) is 4.79 Å². The van der Waals surface area contributed by atoms with Crippen LogP contribution in [-0.4, -0.2) is 28.8 Å². The highest BCUT2D eigenvalue weighted by Crippen LogP contribution is 2.28. The van der Waals surface area contributed by atoms with E-state index in [1.165, 1.54) is 0 Å². The van der Waals surface area contributed by atoms with Gasteiger partial charge >= 0.3 is 0 Å². The Hall–Kier alpha value is -0.240. The van der Waals surface area contributed by atoms with Crippen molar-refractivity contribution in [2.45, 2.75) is 45.1 Å². The largest absolute Gasteiger partial charge is 0.338 e. The van der Waals surface area contributed by atoms with E-state index in [0.29, 0.717) is 12.3 Å². The van der Waals surface area contributed by atoms with Gasteiger partial charge in [-0.2, -0.15) is 0 Å². The van der Waals surface area contributed by atoms with E-state index >= 15 is 0 Å². The Morgan fingerprint density at radius 1 is 1.54 bits per heavy atom. The van der Waals surface area contributed by atoms with E-state index in [0.717, 1.165) is 25.8 Å². The molecular formula is C10H18ClNO. The second-order valence-corrected chi connectivity index (χ2v) is 4.63. The smallest absolute Gasteiger partial charge is 0.223 e. The van der Waals surface area contributed by atoms with Crippen LogP contribution in [0.25, 0.3) is 0 Å². The van der Waals surface area contributed by atoms with Crippen molar-refractivity contribution in [3.05, 3.63) is 0 Å². The normalized spacial score (nSPS) is 20.7. The molecule has 0 aromatic rings. The van der Waals surface area contributed by atoms with Crippen LogP contribution < -0.4 is 0 Å². The van der Waals surface area contributed by atoms with E-state index in [1.54, 1.807) is 0 Å². The molecule has 1 rings (SSSR count). The van der Waals surface area contributed by atoms with Crippen LogP contribution in [0.3, 0.4) is 0 Å². The molecule has 1 fully saturated rings. The molecule has 0 N–H and O–H groups in total. The fourth-order valence-electron chi connectivity index (χ4n) is 1.92. The van der Waals surface area contributed by atoms with Crippen molar-refractivity contribution >= 4 is 17.5 Å². The van der Waals surface area contributed by atoms with Crippen molar-refractivity contribution < 1.29 is 4.79 Å². The molecule has 1 aliphatic heterocycles. The molecule has 13 heavy (non-hydrogen) atoms. The zero-order valence-corrected chi connectivity index (χ0v) is 9.23. The van der Waals surface area contributed by atoms with Gasteiger partial charge < -0.3 is 4.90 Å². The summed E-state index contributed by atoms with van der Waals surface area (Å²) in [7, 11) is 0. The zero-order valence-electron chi connectivity index (χ0n) is 8.48. The number of hydrogen-bond donors (Lipinski definition) is 0. The Morgan fingerprint density at radius 2 is 2.23 bits per heavy atom. The maximum absolute atomic E-state index is 11.7. The Bertz CT molecular complexity index is 191. The molecule has 0 aromatic carbocycles. The van der Waals surface area contributed by atoms with E-state index in [2.05, 4.69) is 13.8 Å². The van der Waals surface area contributed by atoms with E-state index in [9.17, 15) is 4.79 Å². The summed E-state index contributed by atoms with van der Waals surface area (Å²) in [6.45, 7) is 5.20. The highest BCUT2D eigenvalue weighted by atomic mass is 35.5. The van der Waals surface area contributed by atoms with Crippen LogP contribution in [0.4, 0.5) is 0 Å². The molecule has 0 radical (unpaired) electrons. The predicted molar refractivity (Wildman–Crippen MR) is 55.0 cm³/mol. The molecule has 1 heterocycles. The van der Waals surface area contributed by atoms with Crippen LogP contribution >= 0.6 is 11.6 Å². The lowest BCUT2D eigenvalue weighted by atomic mass is 10.0. The average Bonchev–Trinajstić information content (AvgIpc) is 2.41. The lowest BCUT2D eigenvalue weighted by Crippen LogP contribution is -2.42. The lowest BCUT2D eigenvalue weighted by molar-refractivity contribution is -0.134. The first-order chi connectivity index (χ1) is 6.08. The summed E-state index contributed by atoms with van der Waals surface area (Å²) in [6.07, 6.45) is 3.67. The molecule has 0 bridgehead atoms. The van der Waals surface area contributed by atoms with Crippen molar-refractivity contribution in [3.63, 3.8) is 0 Å². The number of carbonyl (C=O) groups excluding carboxylic acids is 1. The van der Waals surface area contributed by atoms with Crippen LogP contribution in [0, 0.1) is 0 Å². The summed E-state index contributed by atoms with van der Waals surface area (Å²) in [6, 6.07) is 0. The highest BCUT2D eigenvalue weighted by Gasteiger charge is 2.34. The lowest BCUT2D eigenvalue weighted by Gasteiger charge is -2.31. The quantitative estimate of drug-likeness (QED) is 0.646. The second-order valence-electron chi connectivity index (χ2n) is 4.25. The molecule has 0 atom stereocenters. The van der Waals surface area contributed by atoms with Crippen molar-refractivity contribution in [1.29, 1.82) is 0 Å². The number of halogens is 1. The highest BCUT2D eigenvalue weighted by molar-refractivity contribution is 6.17. The van der Waals surface area contributed by atoms with Crippen molar-refractivity contribution in [2.24, 2.45) is 0 Å². The van der Waals surface area contributed by atoms with E-state index in [-0.39, 0.29) is 11.4 Å². The molecule has 1 aliphatic rings. The fraction of sp³-hybridized carbons (Fsp3) is 0.900. The molecule has 0 unspecified atom stereocenters. The van der Waals surface area contributed by atoms with Gasteiger partial charge in [0.2, 0.25) is 5.91 Å². The Labute approximate surface area is 85.2 Å². The van der Waals surface area contributed by atoms with Gasteiger partial charge in [0.05, 0.1) is 0 Å². The minimum atomic E-state index is 0.0728. The van der Waals surface area contributed by atoms with Gasteiger partial charge in [-0.05, 0) is 33.1 Å². The summed E-state index contributed by atoms with van der Waals surface area (Å²) in [5.41, 5.74) is 0.0728. The van der Waals surface area contributed by atoms with E-state index in [1.807, 2.05) is 4.90 Å². The number of carbonyl (C=O) groups is 1. The van der Waals surface area contributed by atoms with Crippen LogP contribution in [0.5, 0.6) is 0 Å². The summed E-state index contributed by atoms with van der Waals surface area (Å²) in [5, 5.41) is 0. The molecule has 76 valence electrons. The van der Waals surface area contributed by atoms with Gasteiger partial charge in [0.1, 0.15) is 0 Å².